The van der Waals surface area contributed by atoms with Crippen molar-refractivity contribution in [3.8, 4) is 0 Å². The van der Waals surface area contributed by atoms with Gasteiger partial charge < -0.3 is 40.0 Å². The number of nitrogens with one attached hydrogen (secondary N) is 2. The fraction of sp³-hybridized carbons (Fsp3) is 0.919. The van der Waals surface area contributed by atoms with Gasteiger partial charge in [-0.3, -0.25) is 0 Å². The van der Waals surface area contributed by atoms with E-state index in [1.165, 1.54) is 12.8 Å². The van der Waals surface area contributed by atoms with Crippen molar-refractivity contribution >= 4 is 35.7 Å². The minimum atomic E-state index is -0.0403. The minimum Gasteiger partial charge on any atom is -0.341 e. The van der Waals surface area contributed by atoms with Crippen LogP contribution in [0.4, 0.5) is 35.7 Å². The van der Waals surface area contributed by atoms with Gasteiger partial charge in [-0.05, 0) is 193 Å². The lowest BCUT2D eigenvalue weighted by Gasteiger charge is -2.50. The summed E-state index contributed by atoms with van der Waals surface area (Å²) < 4.78 is 0. The topological polar surface area (TPSA) is 121 Å². The molecule has 0 amide bonds. The van der Waals surface area contributed by atoms with Crippen LogP contribution in [0.1, 0.15) is 319 Å². The monoisotopic (exact) mass is 1230 g/mol. The highest BCUT2D eigenvalue weighted by Gasteiger charge is 2.46. The zero-order valence-electron chi connectivity index (χ0n) is 61.7. The summed E-state index contributed by atoms with van der Waals surface area (Å²) in [4.78, 5) is 50.0. The summed E-state index contributed by atoms with van der Waals surface area (Å²) in [5.41, 5.74) is 0.782. The number of unbranched alkanes of at least 4 members (excludes halogenated alkanes) is 9. The first-order valence-electron chi connectivity index (χ1n) is 36.8. The molecular formula is C74H140N14. The van der Waals surface area contributed by atoms with Gasteiger partial charge in [0, 0.05) is 98.7 Å². The van der Waals surface area contributed by atoms with Crippen LogP contribution in [-0.2, 0) is 0 Å². The number of aromatic nitrogens is 6. The quantitative estimate of drug-likeness (QED) is 0.0637. The zero-order chi connectivity index (χ0) is 64.9. The van der Waals surface area contributed by atoms with Crippen LogP contribution in [0.2, 0.25) is 0 Å². The van der Waals surface area contributed by atoms with E-state index < -0.39 is 0 Å². The Morgan fingerprint density at radius 2 is 0.477 bits per heavy atom. The van der Waals surface area contributed by atoms with Crippen LogP contribution in [0.3, 0.4) is 0 Å². The van der Waals surface area contributed by atoms with E-state index in [-0.39, 0.29) is 49.9 Å². The lowest BCUT2D eigenvalue weighted by Crippen LogP contribution is -2.62. The molecule has 2 saturated carbocycles. The van der Waals surface area contributed by atoms with Crippen molar-refractivity contribution in [2.75, 3.05) is 81.8 Å². The average molecular weight is 1230 g/mol. The molecule has 0 unspecified atom stereocenters. The Bertz CT molecular complexity index is 2150. The molecule has 2 aromatic rings. The Kier molecular flexibility index (Phi) is 26.5. The molecule has 506 valence electrons. The third-order valence-corrected chi connectivity index (χ3v) is 20.1. The Balaban J connectivity index is 1.41. The van der Waals surface area contributed by atoms with E-state index in [9.17, 15) is 0 Å². The summed E-state index contributed by atoms with van der Waals surface area (Å²) >= 11 is 0. The van der Waals surface area contributed by atoms with Gasteiger partial charge in [-0.15, -0.1) is 0 Å². The molecule has 4 fully saturated rings. The van der Waals surface area contributed by atoms with Crippen molar-refractivity contribution in [1.82, 2.24) is 40.5 Å². The van der Waals surface area contributed by atoms with Crippen LogP contribution in [-0.4, -0.2) is 129 Å². The zero-order valence-corrected chi connectivity index (χ0v) is 61.7. The average Bonchev–Trinajstić information content (AvgIpc) is 0.848. The largest absolute Gasteiger partial charge is 0.341 e. The maximum absolute atomic E-state index is 5.80. The molecule has 14 heteroatoms. The van der Waals surface area contributed by atoms with Crippen molar-refractivity contribution in [2.24, 2.45) is 21.7 Å². The summed E-state index contributed by atoms with van der Waals surface area (Å²) in [7, 11) is 0. The van der Waals surface area contributed by atoms with Crippen LogP contribution in [0.5, 0.6) is 0 Å². The Hall–Kier alpha value is -3.26. The fourth-order valence-corrected chi connectivity index (χ4v) is 17.9. The van der Waals surface area contributed by atoms with Crippen molar-refractivity contribution in [3.63, 3.8) is 0 Å². The van der Waals surface area contributed by atoms with Crippen molar-refractivity contribution in [1.29, 1.82) is 0 Å². The molecular weight excluding hydrogens is 1080 g/mol. The lowest BCUT2D eigenvalue weighted by molar-refractivity contribution is 0.0942. The fourth-order valence-electron chi connectivity index (χ4n) is 17.9. The minimum absolute atomic E-state index is 0.00675. The first-order valence-corrected chi connectivity index (χ1v) is 36.8. The van der Waals surface area contributed by atoms with Crippen LogP contribution in [0.15, 0.2) is 0 Å². The van der Waals surface area contributed by atoms with Gasteiger partial charge in [0.25, 0.3) is 0 Å². The molecule has 2 aromatic heterocycles. The second kappa shape index (κ2) is 31.6. The van der Waals surface area contributed by atoms with Crippen LogP contribution >= 0.6 is 0 Å². The van der Waals surface area contributed by atoms with Crippen molar-refractivity contribution in [3.05, 3.63) is 0 Å². The number of anilines is 6. The van der Waals surface area contributed by atoms with E-state index in [4.69, 9.17) is 29.9 Å². The van der Waals surface area contributed by atoms with E-state index >= 15 is 0 Å². The molecule has 0 radical (unpaired) electrons. The van der Waals surface area contributed by atoms with Crippen molar-refractivity contribution in [2.45, 2.75) is 366 Å². The van der Waals surface area contributed by atoms with Crippen LogP contribution in [0, 0.1) is 21.7 Å². The summed E-state index contributed by atoms with van der Waals surface area (Å²) in [5.74, 6) is 5.33. The maximum Gasteiger partial charge on any atom is 0.232 e. The molecule has 0 aromatic carbocycles. The first-order chi connectivity index (χ1) is 41.2. The normalized spacial score (nSPS) is 21.5. The molecule has 2 aliphatic carbocycles. The Labute approximate surface area is 542 Å². The van der Waals surface area contributed by atoms with E-state index in [1.54, 1.807) is 0 Å². The van der Waals surface area contributed by atoms with E-state index in [0.29, 0.717) is 18.1 Å². The van der Waals surface area contributed by atoms with E-state index in [2.05, 4.69) is 192 Å². The maximum atomic E-state index is 5.80. The predicted octanol–water partition coefficient (Wildman–Crippen LogP) is 17.8. The van der Waals surface area contributed by atoms with Gasteiger partial charge in [0.2, 0.25) is 35.7 Å². The third-order valence-electron chi connectivity index (χ3n) is 20.1. The summed E-state index contributed by atoms with van der Waals surface area (Å²) in [6.07, 6.45) is 29.2. The van der Waals surface area contributed by atoms with Gasteiger partial charge in [0.15, 0.2) is 0 Å². The smallest absolute Gasteiger partial charge is 0.232 e. The van der Waals surface area contributed by atoms with E-state index in [1.807, 2.05) is 0 Å². The Morgan fingerprint density at radius 1 is 0.273 bits per heavy atom. The molecule has 4 heterocycles. The molecule has 0 spiro atoms. The standard InChI is InChI=1S/C74H140N14/c1-23-29-39-83(40-30-24-2)61-75-63(85(43-33-27-5)57-47-67(7,8)55-68(9,10)48-57)79-66(78-61)88(60-53-73(19,20)82-74(21,22)54-60)46-38-36-35-37-45-87(58-49-69(11,12)56-70(13,14)50-58)65-77-62(84(41-31-25-3)42-32-26-4)76-64(80-65)86(44-34-28-6)59-51-71(15,16)81-72(17,18)52-59/h57-60,81-82H,23-56H2,1-22H3. The molecule has 6 rings (SSSR count). The number of nitrogens with zero attached hydrogens (tertiary/aromatic N) is 12. The number of hydrogen-bond acceptors (Lipinski definition) is 14. The predicted molar refractivity (Wildman–Crippen MR) is 380 cm³/mol. The third kappa shape index (κ3) is 22.2. The number of piperidine rings is 2. The lowest BCUT2D eigenvalue weighted by atomic mass is 9.63. The molecule has 4 aliphatic rings. The molecule has 2 N–H and O–H groups in total. The second-order valence-electron chi connectivity index (χ2n) is 34.8. The van der Waals surface area contributed by atoms with Gasteiger partial charge in [-0.2, -0.15) is 29.9 Å². The molecule has 0 bridgehead atoms. The Morgan fingerprint density at radius 3 is 0.716 bits per heavy atom. The molecule has 0 atom stereocenters. The number of rotatable bonds is 35. The summed E-state index contributed by atoms with van der Waals surface area (Å²) in [6.45, 7) is 60.7. The van der Waals surface area contributed by atoms with Gasteiger partial charge in [0.1, 0.15) is 0 Å². The van der Waals surface area contributed by atoms with Gasteiger partial charge in [-0.1, -0.05) is 148 Å². The molecule has 2 aliphatic heterocycles. The SMILES string of the molecule is CCCCN(CCCC)c1nc(N(CCCCCCN(c2nc(N(CCCC)CCCC)nc(N(CCCC)C3CC(C)(C)CC(C)(C)C3)n2)C2CC(C)(C)NC(C)(C)C2)C2CC(C)(C)CC(C)(C)C2)nc(N(CCCC)C2CC(C)(C)NC(C)(C)C2)n1. The molecule has 14 nitrogen and oxygen atoms in total. The van der Waals surface area contributed by atoms with Gasteiger partial charge >= 0.3 is 0 Å². The summed E-state index contributed by atoms with van der Waals surface area (Å²) in [6, 6.07) is 1.29. The van der Waals surface area contributed by atoms with Gasteiger partial charge in [-0.25, -0.2) is 0 Å². The van der Waals surface area contributed by atoms with Gasteiger partial charge in [0.05, 0.1) is 0 Å². The molecule has 88 heavy (non-hydrogen) atoms. The van der Waals surface area contributed by atoms with E-state index in [0.717, 1.165) is 242 Å². The van der Waals surface area contributed by atoms with Crippen molar-refractivity contribution < 1.29 is 0 Å². The highest BCUT2D eigenvalue weighted by molar-refractivity contribution is 5.50. The van der Waals surface area contributed by atoms with Crippen LogP contribution < -0.4 is 40.0 Å². The summed E-state index contributed by atoms with van der Waals surface area (Å²) in [5, 5.41) is 8.04. The second-order valence-corrected chi connectivity index (χ2v) is 34.8. The van der Waals surface area contributed by atoms with Crippen LogP contribution in [0.25, 0.3) is 0 Å². The first kappa shape index (κ1) is 73.8. The highest BCUT2D eigenvalue weighted by Crippen LogP contribution is 2.50. The number of hydrogen-bond donors (Lipinski definition) is 2. The molecule has 2 saturated heterocycles. The highest BCUT2D eigenvalue weighted by atomic mass is 15.4.